The Morgan fingerprint density at radius 2 is 1.76 bits per heavy atom. The molecule has 34 heavy (non-hydrogen) atoms. The van der Waals surface area contributed by atoms with Crippen molar-refractivity contribution in [1.29, 1.82) is 0 Å². The van der Waals surface area contributed by atoms with Crippen LogP contribution in [0.1, 0.15) is 55.6 Å². The lowest BCUT2D eigenvalue weighted by atomic mass is 9.79. The molecule has 4 nitrogen and oxygen atoms in total. The highest BCUT2D eigenvalue weighted by Crippen LogP contribution is 2.31. The molecule has 2 aromatic carbocycles. The monoisotopic (exact) mass is 474 g/mol. The lowest BCUT2D eigenvalue weighted by molar-refractivity contribution is -0.149. The molecule has 5 heteroatoms. The van der Waals surface area contributed by atoms with E-state index in [2.05, 4.69) is 60.8 Å². The van der Waals surface area contributed by atoms with Crippen LogP contribution >= 0.6 is 11.8 Å². The first kappa shape index (κ1) is 25.6. The highest BCUT2D eigenvalue weighted by atomic mass is 32.2. The maximum absolute atomic E-state index is 11.7. The van der Waals surface area contributed by atoms with Crippen molar-refractivity contribution in [3.05, 3.63) is 89.2 Å². The summed E-state index contributed by atoms with van der Waals surface area (Å²) in [5.74, 6) is 0.125. The first-order valence-corrected chi connectivity index (χ1v) is 12.8. The molecule has 0 saturated carbocycles. The molecule has 0 saturated heterocycles. The average Bonchev–Trinajstić information content (AvgIpc) is 2.85. The molecular formula is C29H34N2O2S. The van der Waals surface area contributed by atoms with Crippen LogP contribution in [-0.4, -0.2) is 22.6 Å². The van der Waals surface area contributed by atoms with E-state index in [1.165, 1.54) is 10.5 Å². The number of aliphatic carboxylic acids is 1. The normalized spacial score (nSPS) is 11.6. The zero-order valence-corrected chi connectivity index (χ0v) is 21.1. The summed E-state index contributed by atoms with van der Waals surface area (Å²) in [5.41, 5.74) is 4.66. The Morgan fingerprint density at radius 1 is 1.03 bits per heavy atom. The minimum absolute atomic E-state index is 0.604. The summed E-state index contributed by atoms with van der Waals surface area (Å²) in [6.45, 7) is 6.63. The predicted octanol–water partition coefficient (Wildman–Crippen LogP) is 7.55. The third kappa shape index (κ3) is 7.22. The highest BCUT2D eigenvalue weighted by molar-refractivity contribution is 7.98. The van der Waals surface area contributed by atoms with Crippen molar-refractivity contribution in [2.45, 2.75) is 50.7 Å². The molecule has 2 N–H and O–H groups in total. The maximum atomic E-state index is 11.7. The van der Waals surface area contributed by atoms with Crippen LogP contribution in [-0.2, 0) is 10.5 Å². The fourth-order valence-corrected chi connectivity index (χ4v) is 4.66. The van der Waals surface area contributed by atoms with Gasteiger partial charge in [-0.25, -0.2) is 0 Å². The van der Waals surface area contributed by atoms with Gasteiger partial charge in [-0.1, -0.05) is 55.8 Å². The molecule has 0 atom stereocenters. The molecular weight excluding hydrogens is 440 g/mol. The molecule has 0 aliphatic carbocycles. The minimum atomic E-state index is -0.706. The molecule has 178 valence electrons. The van der Waals surface area contributed by atoms with Crippen LogP contribution in [0.3, 0.4) is 0 Å². The molecule has 0 fully saturated rings. The summed E-state index contributed by atoms with van der Waals surface area (Å²) in [6, 6.07) is 22.8. The van der Waals surface area contributed by atoms with Gasteiger partial charge in [0.1, 0.15) is 0 Å². The number of pyridine rings is 1. The number of carboxylic acids is 1. The number of benzene rings is 2. The van der Waals surface area contributed by atoms with Crippen LogP contribution in [0, 0.1) is 12.3 Å². The van der Waals surface area contributed by atoms with Crippen LogP contribution in [0.5, 0.6) is 0 Å². The Hall–Kier alpha value is -3.05. The van der Waals surface area contributed by atoms with Crippen molar-refractivity contribution in [1.82, 2.24) is 4.98 Å². The van der Waals surface area contributed by atoms with Gasteiger partial charge < -0.3 is 10.4 Å². The van der Waals surface area contributed by atoms with E-state index in [9.17, 15) is 9.90 Å². The van der Waals surface area contributed by atoms with E-state index < -0.39 is 11.4 Å². The number of rotatable bonds is 12. The van der Waals surface area contributed by atoms with E-state index in [1.807, 2.05) is 44.2 Å². The van der Waals surface area contributed by atoms with Crippen molar-refractivity contribution in [2.24, 2.45) is 5.41 Å². The second-order valence-electron chi connectivity index (χ2n) is 8.58. The zero-order chi connectivity index (χ0) is 24.4. The van der Waals surface area contributed by atoms with Crippen molar-refractivity contribution >= 4 is 35.6 Å². The molecule has 0 unspecified atom stereocenters. The van der Waals surface area contributed by atoms with Gasteiger partial charge in [-0.15, -0.1) is 11.8 Å². The van der Waals surface area contributed by atoms with Crippen molar-refractivity contribution in [2.75, 3.05) is 11.9 Å². The second-order valence-corrected chi connectivity index (χ2v) is 9.63. The van der Waals surface area contributed by atoms with E-state index in [0.29, 0.717) is 25.8 Å². The van der Waals surface area contributed by atoms with Gasteiger partial charge in [0.25, 0.3) is 0 Å². The third-order valence-electron chi connectivity index (χ3n) is 6.31. The fourth-order valence-electron chi connectivity index (χ4n) is 3.86. The second kappa shape index (κ2) is 12.4. The Kier molecular flexibility index (Phi) is 9.34. The van der Waals surface area contributed by atoms with Gasteiger partial charge in [-0.05, 0) is 74.2 Å². The molecule has 1 heterocycles. The van der Waals surface area contributed by atoms with Gasteiger partial charge >= 0.3 is 5.97 Å². The van der Waals surface area contributed by atoms with E-state index >= 15 is 0 Å². The number of carboxylic acid groups (broad SMARTS) is 1. The summed E-state index contributed by atoms with van der Waals surface area (Å²) in [6.07, 6.45) is 5.97. The van der Waals surface area contributed by atoms with Crippen molar-refractivity contribution < 1.29 is 9.90 Å². The van der Waals surface area contributed by atoms with Crippen LogP contribution in [0.15, 0.2) is 71.6 Å². The number of aromatic nitrogens is 1. The van der Waals surface area contributed by atoms with Gasteiger partial charge in [0.15, 0.2) is 0 Å². The van der Waals surface area contributed by atoms with E-state index in [4.69, 9.17) is 4.98 Å². The highest BCUT2D eigenvalue weighted by Gasteiger charge is 2.34. The molecule has 1 aromatic heterocycles. The predicted molar refractivity (Wildman–Crippen MR) is 144 cm³/mol. The molecule has 0 spiro atoms. The SMILES string of the molecule is CCC(CC)(CCNc1cccc(C=Cc2cccc(CSc3ccc(C)cc3)n2)c1)C(=O)O. The number of hydrogen-bond acceptors (Lipinski definition) is 4. The van der Waals surface area contributed by atoms with Crippen LogP contribution in [0.25, 0.3) is 12.2 Å². The molecule has 0 aliphatic rings. The van der Waals surface area contributed by atoms with Gasteiger partial charge in [-0.3, -0.25) is 9.78 Å². The van der Waals surface area contributed by atoms with Gasteiger partial charge in [-0.2, -0.15) is 0 Å². The first-order valence-electron chi connectivity index (χ1n) is 11.8. The number of nitrogens with one attached hydrogen (secondary N) is 1. The van der Waals surface area contributed by atoms with Gasteiger partial charge in [0.2, 0.25) is 0 Å². The number of nitrogens with zero attached hydrogens (tertiary/aromatic N) is 1. The quantitative estimate of drug-likeness (QED) is 0.265. The maximum Gasteiger partial charge on any atom is 0.309 e. The number of aryl methyl sites for hydroxylation is 1. The summed E-state index contributed by atoms with van der Waals surface area (Å²) in [4.78, 5) is 17.7. The Bertz CT molecular complexity index is 1110. The lowest BCUT2D eigenvalue weighted by Gasteiger charge is -2.26. The molecule has 0 bridgehead atoms. The van der Waals surface area contributed by atoms with Gasteiger partial charge in [0.05, 0.1) is 16.8 Å². The largest absolute Gasteiger partial charge is 0.481 e. The van der Waals surface area contributed by atoms with Crippen molar-refractivity contribution in [3.8, 4) is 0 Å². The molecule has 0 amide bonds. The number of hydrogen-bond donors (Lipinski definition) is 2. The topological polar surface area (TPSA) is 62.2 Å². The van der Waals surface area contributed by atoms with E-state index in [0.717, 1.165) is 28.4 Å². The van der Waals surface area contributed by atoms with Crippen LogP contribution in [0.2, 0.25) is 0 Å². The number of thioether (sulfide) groups is 1. The van der Waals surface area contributed by atoms with Crippen molar-refractivity contribution in [3.63, 3.8) is 0 Å². The summed E-state index contributed by atoms with van der Waals surface area (Å²) in [7, 11) is 0. The van der Waals surface area contributed by atoms with Crippen LogP contribution in [0.4, 0.5) is 5.69 Å². The average molecular weight is 475 g/mol. The number of carbonyl (C=O) groups is 1. The smallest absolute Gasteiger partial charge is 0.309 e. The summed E-state index contributed by atoms with van der Waals surface area (Å²) in [5, 5.41) is 13.0. The first-order chi connectivity index (χ1) is 16.4. The van der Waals surface area contributed by atoms with E-state index in [1.54, 1.807) is 11.8 Å². The number of anilines is 1. The molecule has 3 aromatic rings. The van der Waals surface area contributed by atoms with Crippen LogP contribution < -0.4 is 5.32 Å². The Balaban J connectivity index is 1.58. The lowest BCUT2D eigenvalue weighted by Crippen LogP contribution is -2.31. The standard InChI is InChI=1S/C29H34N2O2S/c1-4-29(5-2,28(32)33)18-19-30-25-10-6-8-23(20-25)14-15-24-9-7-11-26(31-24)21-34-27-16-12-22(3)13-17-27/h6-17,20,30H,4-5,18-19,21H2,1-3H3,(H,32,33). The zero-order valence-electron chi connectivity index (χ0n) is 20.3. The molecule has 3 rings (SSSR count). The van der Waals surface area contributed by atoms with Gasteiger partial charge in [0, 0.05) is 22.9 Å². The Morgan fingerprint density at radius 3 is 2.47 bits per heavy atom. The molecule has 0 aliphatic heterocycles. The summed E-state index contributed by atoms with van der Waals surface area (Å²) >= 11 is 1.79. The molecule has 0 radical (unpaired) electrons. The van der Waals surface area contributed by atoms with E-state index in [-0.39, 0.29) is 0 Å². The third-order valence-corrected chi connectivity index (χ3v) is 7.35. The fraction of sp³-hybridized carbons (Fsp3) is 0.310. The summed E-state index contributed by atoms with van der Waals surface area (Å²) < 4.78 is 0. The Labute approximate surface area is 207 Å². The minimum Gasteiger partial charge on any atom is -0.481 e.